The first-order chi connectivity index (χ1) is 9.74. The van der Waals surface area contributed by atoms with Crippen LogP contribution in [-0.2, 0) is 9.47 Å². The Morgan fingerprint density at radius 2 is 2.15 bits per heavy atom. The molecule has 1 aromatic rings. The molecule has 20 heavy (non-hydrogen) atoms. The van der Waals surface area contributed by atoms with Gasteiger partial charge in [-0.2, -0.15) is 0 Å². The van der Waals surface area contributed by atoms with Crippen molar-refractivity contribution in [3.8, 4) is 5.75 Å². The van der Waals surface area contributed by atoms with Crippen molar-refractivity contribution in [3.63, 3.8) is 0 Å². The second kappa shape index (κ2) is 7.00. The third-order valence-corrected chi connectivity index (χ3v) is 3.07. The molecule has 1 amide bonds. The van der Waals surface area contributed by atoms with Crippen molar-refractivity contribution in [2.24, 2.45) is 0 Å². The molecule has 1 N–H and O–H groups in total. The minimum absolute atomic E-state index is 0.331. The summed E-state index contributed by atoms with van der Waals surface area (Å²) in [6, 6.07) is 5.70. The van der Waals surface area contributed by atoms with Crippen LogP contribution in [-0.4, -0.2) is 46.1 Å². The van der Waals surface area contributed by atoms with Crippen molar-refractivity contribution in [1.82, 2.24) is 0 Å². The molecular formula is C14H20N2O4. The van der Waals surface area contributed by atoms with E-state index in [0.29, 0.717) is 31.3 Å². The predicted octanol–water partition coefficient (Wildman–Crippen LogP) is 2.10. The van der Waals surface area contributed by atoms with E-state index in [1.807, 2.05) is 18.2 Å². The summed E-state index contributed by atoms with van der Waals surface area (Å²) in [5.74, 6) is 0.607. The predicted molar refractivity (Wildman–Crippen MR) is 76.7 cm³/mol. The van der Waals surface area contributed by atoms with E-state index in [1.54, 1.807) is 14.0 Å². The molecule has 110 valence electrons. The fraction of sp³-hybridized carbons (Fsp3) is 0.500. The average Bonchev–Trinajstić information content (AvgIpc) is 2.48. The Labute approximate surface area is 118 Å². The Balaban J connectivity index is 2.16. The number of hydrogen-bond donors (Lipinski definition) is 1. The molecule has 1 aliphatic heterocycles. The van der Waals surface area contributed by atoms with Crippen LogP contribution in [0.1, 0.15) is 6.92 Å². The van der Waals surface area contributed by atoms with Gasteiger partial charge in [0.2, 0.25) is 0 Å². The number of ether oxygens (including phenoxy) is 3. The van der Waals surface area contributed by atoms with Crippen LogP contribution in [0.15, 0.2) is 18.2 Å². The van der Waals surface area contributed by atoms with Gasteiger partial charge in [-0.3, -0.25) is 5.32 Å². The zero-order valence-electron chi connectivity index (χ0n) is 11.8. The summed E-state index contributed by atoms with van der Waals surface area (Å²) in [6.45, 7) is 5.20. The number of anilines is 2. The van der Waals surface area contributed by atoms with Gasteiger partial charge < -0.3 is 19.1 Å². The van der Waals surface area contributed by atoms with E-state index >= 15 is 0 Å². The molecule has 0 aromatic heterocycles. The number of nitrogens with zero attached hydrogens (tertiary/aromatic N) is 1. The molecule has 1 saturated heterocycles. The maximum atomic E-state index is 11.5. The van der Waals surface area contributed by atoms with Gasteiger partial charge in [-0.1, -0.05) is 0 Å². The first-order valence-corrected chi connectivity index (χ1v) is 6.69. The molecule has 6 nitrogen and oxygen atoms in total. The summed E-state index contributed by atoms with van der Waals surface area (Å²) in [7, 11) is 1.57. The molecular weight excluding hydrogens is 260 g/mol. The highest BCUT2D eigenvalue weighted by Gasteiger charge is 2.14. The van der Waals surface area contributed by atoms with Crippen LogP contribution >= 0.6 is 0 Å². The number of morpholine rings is 1. The van der Waals surface area contributed by atoms with Gasteiger partial charge in [0.1, 0.15) is 5.75 Å². The van der Waals surface area contributed by atoms with Crippen molar-refractivity contribution in [2.75, 3.05) is 50.2 Å². The molecule has 0 saturated carbocycles. The molecule has 6 heteroatoms. The second-order valence-corrected chi connectivity index (χ2v) is 4.33. The summed E-state index contributed by atoms with van der Waals surface area (Å²) >= 11 is 0. The van der Waals surface area contributed by atoms with Gasteiger partial charge in [-0.05, 0) is 25.1 Å². The number of amides is 1. The minimum atomic E-state index is -0.482. The van der Waals surface area contributed by atoms with E-state index < -0.39 is 6.09 Å². The Kier molecular flexibility index (Phi) is 5.06. The van der Waals surface area contributed by atoms with E-state index in [9.17, 15) is 4.79 Å². The lowest BCUT2D eigenvalue weighted by atomic mass is 10.2. The van der Waals surface area contributed by atoms with Crippen molar-refractivity contribution >= 4 is 17.5 Å². The van der Waals surface area contributed by atoms with Crippen molar-refractivity contribution < 1.29 is 19.0 Å². The Bertz CT molecular complexity index is 458. The standard InChI is InChI=1S/C14H20N2O4/c1-3-20-14(17)15-12-10-11(4-5-13(12)18-2)16-6-8-19-9-7-16/h4-5,10H,3,6-9H2,1-2H3,(H,15,17). The third kappa shape index (κ3) is 3.54. The fourth-order valence-corrected chi connectivity index (χ4v) is 2.09. The third-order valence-electron chi connectivity index (χ3n) is 3.07. The Hall–Kier alpha value is -1.95. The van der Waals surface area contributed by atoms with Crippen LogP contribution in [0.3, 0.4) is 0 Å². The fourth-order valence-electron chi connectivity index (χ4n) is 2.09. The molecule has 2 rings (SSSR count). The van der Waals surface area contributed by atoms with Gasteiger partial charge in [0, 0.05) is 18.8 Å². The van der Waals surface area contributed by atoms with E-state index in [4.69, 9.17) is 14.2 Å². The number of carbonyl (C=O) groups excluding carboxylic acids is 1. The molecule has 0 radical (unpaired) electrons. The van der Waals surface area contributed by atoms with Crippen molar-refractivity contribution in [3.05, 3.63) is 18.2 Å². The van der Waals surface area contributed by atoms with E-state index in [0.717, 1.165) is 18.8 Å². The van der Waals surface area contributed by atoms with Crippen LogP contribution in [0, 0.1) is 0 Å². The highest BCUT2D eigenvalue weighted by atomic mass is 16.5. The smallest absolute Gasteiger partial charge is 0.411 e. The number of carbonyl (C=O) groups is 1. The topological polar surface area (TPSA) is 60.0 Å². The van der Waals surface area contributed by atoms with E-state index in [-0.39, 0.29) is 0 Å². The van der Waals surface area contributed by atoms with Crippen LogP contribution in [0.2, 0.25) is 0 Å². The number of nitrogens with one attached hydrogen (secondary N) is 1. The zero-order chi connectivity index (χ0) is 14.4. The summed E-state index contributed by atoms with van der Waals surface area (Å²) in [5.41, 5.74) is 1.64. The first kappa shape index (κ1) is 14.5. The van der Waals surface area contributed by atoms with Gasteiger partial charge in [0.05, 0.1) is 32.6 Å². The quantitative estimate of drug-likeness (QED) is 0.915. The highest BCUT2D eigenvalue weighted by Crippen LogP contribution is 2.30. The van der Waals surface area contributed by atoms with E-state index in [1.165, 1.54) is 0 Å². The normalized spacial score (nSPS) is 14.8. The molecule has 0 aliphatic carbocycles. The molecule has 1 aromatic carbocycles. The Morgan fingerprint density at radius 3 is 2.80 bits per heavy atom. The molecule has 1 fully saturated rings. The van der Waals surface area contributed by atoms with Gasteiger partial charge in [-0.25, -0.2) is 4.79 Å². The highest BCUT2D eigenvalue weighted by molar-refractivity contribution is 5.87. The largest absolute Gasteiger partial charge is 0.495 e. The van der Waals surface area contributed by atoms with Crippen LogP contribution in [0.25, 0.3) is 0 Å². The van der Waals surface area contributed by atoms with Gasteiger partial charge in [0.15, 0.2) is 0 Å². The molecule has 0 bridgehead atoms. The lowest BCUT2D eigenvalue weighted by Gasteiger charge is -2.29. The van der Waals surface area contributed by atoms with Gasteiger partial charge in [-0.15, -0.1) is 0 Å². The lowest BCUT2D eigenvalue weighted by Crippen LogP contribution is -2.36. The second-order valence-electron chi connectivity index (χ2n) is 4.33. The Morgan fingerprint density at radius 1 is 1.40 bits per heavy atom. The van der Waals surface area contributed by atoms with Crippen LogP contribution < -0.4 is 15.0 Å². The molecule has 0 unspecified atom stereocenters. The molecule has 1 aliphatic rings. The minimum Gasteiger partial charge on any atom is -0.495 e. The number of rotatable bonds is 4. The summed E-state index contributed by atoms with van der Waals surface area (Å²) in [5, 5.41) is 2.70. The maximum absolute atomic E-state index is 11.5. The number of benzene rings is 1. The van der Waals surface area contributed by atoms with Crippen LogP contribution in [0.4, 0.5) is 16.2 Å². The first-order valence-electron chi connectivity index (χ1n) is 6.69. The van der Waals surface area contributed by atoms with E-state index in [2.05, 4.69) is 10.2 Å². The summed E-state index contributed by atoms with van der Waals surface area (Å²) < 4.78 is 15.5. The molecule has 0 atom stereocenters. The van der Waals surface area contributed by atoms with Gasteiger partial charge in [0.25, 0.3) is 0 Å². The summed E-state index contributed by atoms with van der Waals surface area (Å²) in [6.07, 6.45) is -0.482. The van der Waals surface area contributed by atoms with Gasteiger partial charge >= 0.3 is 6.09 Å². The van der Waals surface area contributed by atoms with Crippen molar-refractivity contribution in [1.29, 1.82) is 0 Å². The molecule has 0 spiro atoms. The molecule has 1 heterocycles. The SMILES string of the molecule is CCOC(=O)Nc1cc(N2CCOCC2)ccc1OC. The number of hydrogen-bond acceptors (Lipinski definition) is 5. The number of methoxy groups -OCH3 is 1. The van der Waals surface area contributed by atoms with Crippen molar-refractivity contribution in [2.45, 2.75) is 6.92 Å². The lowest BCUT2D eigenvalue weighted by molar-refractivity contribution is 0.122. The summed E-state index contributed by atoms with van der Waals surface area (Å²) in [4.78, 5) is 13.8. The average molecular weight is 280 g/mol. The zero-order valence-corrected chi connectivity index (χ0v) is 11.8. The van der Waals surface area contributed by atoms with Crippen LogP contribution in [0.5, 0.6) is 5.75 Å². The maximum Gasteiger partial charge on any atom is 0.411 e. The monoisotopic (exact) mass is 280 g/mol.